The highest BCUT2D eigenvalue weighted by Crippen LogP contribution is 2.29. The Morgan fingerprint density at radius 2 is 2.00 bits per heavy atom. The summed E-state index contributed by atoms with van der Waals surface area (Å²) in [6, 6.07) is 8.98. The molecule has 0 unspecified atom stereocenters. The first-order chi connectivity index (χ1) is 11.5. The van der Waals surface area contributed by atoms with Gasteiger partial charge in [0, 0.05) is 23.4 Å². The van der Waals surface area contributed by atoms with Crippen LogP contribution in [0.15, 0.2) is 47.4 Å². The molecule has 6 nitrogen and oxygen atoms in total. The van der Waals surface area contributed by atoms with E-state index in [-0.39, 0.29) is 23.4 Å². The topological polar surface area (TPSA) is 86.7 Å². The van der Waals surface area contributed by atoms with E-state index in [0.717, 1.165) is 0 Å². The van der Waals surface area contributed by atoms with E-state index >= 15 is 0 Å². The molecule has 2 N–H and O–H groups in total. The van der Waals surface area contributed by atoms with Crippen molar-refractivity contribution in [3.63, 3.8) is 0 Å². The number of nitrogen functional groups attached to an aromatic ring is 1. The first kappa shape index (κ1) is 15.8. The first-order valence-electron chi connectivity index (χ1n) is 7.44. The zero-order valence-corrected chi connectivity index (χ0v) is 13.3. The minimum Gasteiger partial charge on any atom is -0.368 e. The zero-order valence-electron chi connectivity index (χ0n) is 13.3. The Hall–Kier alpha value is -3.09. The van der Waals surface area contributed by atoms with Gasteiger partial charge in [0.2, 0.25) is 5.95 Å². The lowest BCUT2D eigenvalue weighted by Gasteiger charge is -2.12. The highest BCUT2D eigenvalue weighted by Gasteiger charge is 2.14. The average Bonchev–Trinajstić information content (AvgIpc) is 2.55. The highest BCUT2D eigenvalue weighted by molar-refractivity contribution is 5.78. The zero-order chi connectivity index (χ0) is 17.3. The van der Waals surface area contributed by atoms with E-state index in [0.29, 0.717) is 22.5 Å². The molecular weight excluding hydrogens is 309 g/mol. The van der Waals surface area contributed by atoms with Crippen molar-refractivity contribution in [1.29, 1.82) is 0 Å². The third kappa shape index (κ3) is 3.01. The van der Waals surface area contributed by atoms with Gasteiger partial charge in [0.15, 0.2) is 0 Å². The summed E-state index contributed by atoms with van der Waals surface area (Å²) in [4.78, 5) is 20.1. The van der Waals surface area contributed by atoms with Gasteiger partial charge >= 0.3 is 0 Å². The highest BCUT2D eigenvalue weighted by atomic mass is 19.1. The molecule has 0 saturated carbocycles. The van der Waals surface area contributed by atoms with Crippen molar-refractivity contribution in [2.75, 3.05) is 5.73 Å². The lowest BCUT2D eigenvalue weighted by Crippen LogP contribution is -2.24. The number of nitrogens with zero attached hydrogens (tertiary/aromatic N) is 4. The molecule has 0 fully saturated rings. The van der Waals surface area contributed by atoms with E-state index < -0.39 is 0 Å². The molecule has 0 spiro atoms. The Kier molecular flexibility index (Phi) is 4.07. The number of hydrogen-bond acceptors (Lipinski definition) is 5. The molecule has 0 amide bonds. The Morgan fingerprint density at radius 1 is 1.21 bits per heavy atom. The van der Waals surface area contributed by atoms with Crippen LogP contribution in [0.25, 0.3) is 22.5 Å². The second-order valence-corrected chi connectivity index (χ2v) is 5.60. The number of aromatic nitrogens is 4. The molecule has 3 aromatic rings. The number of nitrogens with two attached hydrogens (primary N) is 1. The average molecular weight is 325 g/mol. The summed E-state index contributed by atoms with van der Waals surface area (Å²) in [6.45, 7) is 3.73. The van der Waals surface area contributed by atoms with Crippen LogP contribution < -0.4 is 11.3 Å². The fourth-order valence-corrected chi connectivity index (χ4v) is 2.38. The predicted octanol–water partition coefficient (Wildman–Crippen LogP) is 2.67. The van der Waals surface area contributed by atoms with Crippen LogP contribution in [0.3, 0.4) is 0 Å². The molecule has 0 aliphatic heterocycles. The molecule has 2 aromatic heterocycles. The van der Waals surface area contributed by atoms with Gasteiger partial charge in [-0.25, -0.2) is 19.0 Å². The van der Waals surface area contributed by atoms with Crippen LogP contribution in [-0.4, -0.2) is 19.7 Å². The predicted molar refractivity (Wildman–Crippen MR) is 89.7 cm³/mol. The summed E-state index contributed by atoms with van der Waals surface area (Å²) in [6.07, 6.45) is 1.53. The maximum Gasteiger partial charge on any atom is 0.267 e. The molecule has 0 aliphatic rings. The van der Waals surface area contributed by atoms with E-state index in [4.69, 9.17) is 5.73 Å². The second-order valence-electron chi connectivity index (χ2n) is 5.60. The minimum atomic E-state index is -0.379. The number of benzene rings is 1. The van der Waals surface area contributed by atoms with Crippen LogP contribution in [0.5, 0.6) is 0 Å². The molecule has 3 rings (SSSR count). The van der Waals surface area contributed by atoms with Gasteiger partial charge in [-0.3, -0.25) is 4.79 Å². The lowest BCUT2D eigenvalue weighted by atomic mass is 10.0. The van der Waals surface area contributed by atoms with Crippen LogP contribution in [-0.2, 0) is 0 Å². The van der Waals surface area contributed by atoms with Gasteiger partial charge in [0.1, 0.15) is 5.82 Å². The smallest absolute Gasteiger partial charge is 0.267 e. The van der Waals surface area contributed by atoms with Crippen molar-refractivity contribution in [2.45, 2.75) is 19.9 Å². The van der Waals surface area contributed by atoms with Gasteiger partial charge in [-0.05, 0) is 32.0 Å². The van der Waals surface area contributed by atoms with E-state index in [1.165, 1.54) is 29.1 Å². The molecule has 2 heterocycles. The van der Waals surface area contributed by atoms with Crippen molar-refractivity contribution in [2.24, 2.45) is 0 Å². The fraction of sp³-hybridized carbons (Fsp3) is 0.176. The van der Waals surface area contributed by atoms with Crippen LogP contribution in [0.1, 0.15) is 19.9 Å². The standard InChI is InChI=1S/C17H16FN5O/c1-10(2)23-15(24)7-6-14(22-23)13-9-20-17(19)21-16(13)11-4-3-5-12(18)8-11/h3-10H,1-2H3,(H2,19,20,21). The van der Waals surface area contributed by atoms with Gasteiger partial charge < -0.3 is 5.73 Å². The van der Waals surface area contributed by atoms with Gasteiger partial charge in [0.05, 0.1) is 17.4 Å². The quantitative estimate of drug-likeness (QED) is 0.800. The number of rotatable bonds is 3. The summed E-state index contributed by atoms with van der Waals surface area (Å²) >= 11 is 0. The Labute approximate surface area is 137 Å². The number of hydrogen-bond donors (Lipinski definition) is 1. The maximum absolute atomic E-state index is 13.6. The van der Waals surface area contributed by atoms with Crippen molar-refractivity contribution in [1.82, 2.24) is 19.7 Å². The van der Waals surface area contributed by atoms with E-state index in [1.807, 2.05) is 13.8 Å². The normalized spacial score (nSPS) is 11.0. The molecule has 122 valence electrons. The van der Waals surface area contributed by atoms with Crippen LogP contribution >= 0.6 is 0 Å². The lowest BCUT2D eigenvalue weighted by molar-refractivity contribution is 0.505. The number of halogens is 1. The molecule has 0 bridgehead atoms. The third-order valence-electron chi connectivity index (χ3n) is 3.50. The van der Waals surface area contributed by atoms with E-state index in [1.54, 1.807) is 18.2 Å². The Balaban J connectivity index is 2.23. The fourth-order valence-electron chi connectivity index (χ4n) is 2.38. The van der Waals surface area contributed by atoms with Gasteiger partial charge in [-0.2, -0.15) is 5.10 Å². The monoisotopic (exact) mass is 325 g/mol. The van der Waals surface area contributed by atoms with Crippen molar-refractivity contribution in [3.05, 3.63) is 58.8 Å². The molecule has 0 radical (unpaired) electrons. The second kappa shape index (κ2) is 6.19. The summed E-state index contributed by atoms with van der Waals surface area (Å²) in [7, 11) is 0. The molecule has 0 atom stereocenters. The van der Waals surface area contributed by atoms with Crippen molar-refractivity contribution < 1.29 is 4.39 Å². The van der Waals surface area contributed by atoms with Gasteiger partial charge in [0.25, 0.3) is 5.56 Å². The van der Waals surface area contributed by atoms with Crippen LogP contribution in [0, 0.1) is 5.82 Å². The van der Waals surface area contributed by atoms with E-state index in [2.05, 4.69) is 15.1 Å². The summed E-state index contributed by atoms with van der Waals surface area (Å²) in [5, 5.41) is 4.37. The maximum atomic E-state index is 13.6. The molecule has 1 aromatic carbocycles. The summed E-state index contributed by atoms with van der Waals surface area (Å²) < 4.78 is 15.0. The molecule has 0 aliphatic carbocycles. The molecule has 0 saturated heterocycles. The van der Waals surface area contributed by atoms with Crippen LogP contribution in [0.4, 0.5) is 10.3 Å². The van der Waals surface area contributed by atoms with E-state index in [9.17, 15) is 9.18 Å². The third-order valence-corrected chi connectivity index (χ3v) is 3.50. The largest absolute Gasteiger partial charge is 0.368 e. The number of anilines is 1. The van der Waals surface area contributed by atoms with Crippen molar-refractivity contribution >= 4 is 5.95 Å². The Morgan fingerprint density at radius 3 is 2.71 bits per heavy atom. The van der Waals surface area contributed by atoms with Gasteiger partial charge in [-0.15, -0.1) is 0 Å². The molecule has 24 heavy (non-hydrogen) atoms. The molecular formula is C17H16FN5O. The molecule has 7 heteroatoms. The first-order valence-corrected chi connectivity index (χ1v) is 7.44. The Bertz CT molecular complexity index is 952. The van der Waals surface area contributed by atoms with Gasteiger partial charge in [-0.1, -0.05) is 12.1 Å². The van der Waals surface area contributed by atoms with Crippen LogP contribution in [0.2, 0.25) is 0 Å². The summed E-state index contributed by atoms with van der Waals surface area (Å²) in [5.41, 5.74) is 7.60. The minimum absolute atomic E-state index is 0.0789. The summed E-state index contributed by atoms with van der Waals surface area (Å²) in [5.74, 6) is -0.300. The SMILES string of the molecule is CC(C)n1nc(-c2cnc(N)nc2-c2cccc(F)c2)ccc1=O. The van der Waals surface area contributed by atoms with Crippen molar-refractivity contribution in [3.8, 4) is 22.5 Å².